The highest BCUT2D eigenvalue weighted by Gasteiger charge is 2.23. The van der Waals surface area contributed by atoms with Gasteiger partial charge >= 0.3 is 0 Å². The Morgan fingerprint density at radius 1 is 0.488 bits per heavy atom. The molecule has 200 valence electrons. The minimum absolute atomic E-state index is 0.590. The van der Waals surface area contributed by atoms with Gasteiger partial charge in [0.15, 0.2) is 11.2 Å². The van der Waals surface area contributed by atoms with Crippen molar-refractivity contribution in [3.63, 3.8) is 0 Å². The molecule has 4 heteroatoms. The summed E-state index contributed by atoms with van der Waals surface area (Å²) in [5.74, 6) is 0.590. The molecule has 0 bridgehead atoms. The highest BCUT2D eigenvalue weighted by Crippen LogP contribution is 2.45. The summed E-state index contributed by atoms with van der Waals surface area (Å²) in [6.07, 6.45) is 0. The first-order valence-corrected chi connectivity index (χ1v) is 14.5. The van der Waals surface area contributed by atoms with Gasteiger partial charge in [-0.2, -0.15) is 0 Å². The predicted molar refractivity (Wildman–Crippen MR) is 176 cm³/mol. The Hall–Kier alpha value is -5.87. The molecule has 0 aliphatic heterocycles. The van der Waals surface area contributed by atoms with E-state index in [1.807, 2.05) is 36.4 Å². The summed E-state index contributed by atoms with van der Waals surface area (Å²) in [5.41, 5.74) is 7.47. The molecule has 0 N–H and O–H groups in total. The minimum atomic E-state index is 0.590. The molecule has 10 aromatic rings. The van der Waals surface area contributed by atoms with Crippen LogP contribution in [-0.2, 0) is 0 Å². The van der Waals surface area contributed by atoms with Crippen molar-refractivity contribution in [3.8, 4) is 17.1 Å². The van der Waals surface area contributed by atoms with Crippen LogP contribution in [-0.4, -0.2) is 9.55 Å². The minimum Gasteiger partial charge on any atom is -0.454 e. The van der Waals surface area contributed by atoms with Crippen molar-refractivity contribution in [1.82, 2.24) is 9.55 Å². The molecule has 3 aromatic heterocycles. The van der Waals surface area contributed by atoms with Crippen LogP contribution in [0.15, 0.2) is 142 Å². The maximum atomic E-state index is 6.85. The fourth-order valence-electron chi connectivity index (χ4n) is 6.98. The van der Waals surface area contributed by atoms with Gasteiger partial charge in [-0.3, -0.25) is 0 Å². The van der Waals surface area contributed by atoms with Crippen LogP contribution in [0.3, 0.4) is 0 Å². The lowest BCUT2D eigenvalue weighted by Crippen LogP contribution is -1.95. The van der Waals surface area contributed by atoms with E-state index in [0.717, 1.165) is 66.1 Å². The van der Waals surface area contributed by atoms with Crippen LogP contribution >= 0.6 is 0 Å². The zero-order chi connectivity index (χ0) is 28.1. The summed E-state index contributed by atoms with van der Waals surface area (Å²) in [6, 6.07) is 46.6. The molecular formula is C39H22N2O2. The van der Waals surface area contributed by atoms with Crippen LogP contribution in [0.4, 0.5) is 0 Å². The van der Waals surface area contributed by atoms with E-state index in [9.17, 15) is 0 Å². The van der Waals surface area contributed by atoms with E-state index < -0.39 is 0 Å². The normalized spacial score (nSPS) is 12.2. The van der Waals surface area contributed by atoms with Crippen molar-refractivity contribution in [2.75, 3.05) is 0 Å². The second kappa shape index (κ2) is 8.34. The van der Waals surface area contributed by atoms with E-state index in [0.29, 0.717) is 5.89 Å². The molecule has 43 heavy (non-hydrogen) atoms. The van der Waals surface area contributed by atoms with E-state index in [4.69, 9.17) is 13.8 Å². The lowest BCUT2D eigenvalue weighted by Gasteiger charge is -2.11. The van der Waals surface area contributed by atoms with Crippen molar-refractivity contribution >= 4 is 76.4 Å². The molecule has 10 rings (SSSR count). The number of oxazole rings is 1. The Morgan fingerprint density at radius 2 is 1.21 bits per heavy atom. The van der Waals surface area contributed by atoms with Crippen molar-refractivity contribution in [3.05, 3.63) is 133 Å². The number of nitrogens with zero attached hydrogens (tertiary/aromatic N) is 2. The molecule has 3 heterocycles. The Balaban J connectivity index is 1.39. The van der Waals surface area contributed by atoms with Gasteiger partial charge in [-0.15, -0.1) is 0 Å². The molecule has 0 radical (unpaired) electrons. The number of benzene rings is 7. The van der Waals surface area contributed by atoms with E-state index in [2.05, 4.69) is 102 Å². The largest absolute Gasteiger partial charge is 0.454 e. The van der Waals surface area contributed by atoms with Crippen LogP contribution in [0.25, 0.3) is 93.5 Å². The molecule has 0 aliphatic carbocycles. The van der Waals surface area contributed by atoms with Gasteiger partial charge in [0, 0.05) is 27.1 Å². The van der Waals surface area contributed by atoms with Crippen molar-refractivity contribution in [2.45, 2.75) is 0 Å². The molecule has 0 fully saturated rings. The summed E-state index contributed by atoms with van der Waals surface area (Å²) in [7, 11) is 0. The fraction of sp³-hybridized carbons (Fsp3) is 0. The van der Waals surface area contributed by atoms with Gasteiger partial charge in [0.05, 0.1) is 16.7 Å². The molecule has 0 saturated carbocycles. The maximum Gasteiger partial charge on any atom is 0.228 e. The first kappa shape index (κ1) is 22.8. The van der Waals surface area contributed by atoms with Crippen molar-refractivity contribution in [2.24, 2.45) is 0 Å². The standard InChI is InChI=1S/C39H22N2O2/c1-3-12-25-23(10-1)20-21-31-35(25)27-14-5-7-17-30(27)41(31)32-22-24-11-2-4-13-26(24)37-36-28(15-9-19-34(36)42-38(32)37)39-40-29-16-6-8-18-33(29)43-39/h1-22H. The van der Waals surface area contributed by atoms with E-state index in [1.54, 1.807) is 0 Å². The Labute approximate surface area is 245 Å². The number of hydrogen-bond acceptors (Lipinski definition) is 3. The third kappa shape index (κ3) is 3.07. The number of hydrogen-bond donors (Lipinski definition) is 0. The van der Waals surface area contributed by atoms with E-state index in [1.165, 1.54) is 21.5 Å². The van der Waals surface area contributed by atoms with Gasteiger partial charge in [-0.25, -0.2) is 4.98 Å². The Kier molecular flexibility index (Phi) is 4.42. The first-order chi connectivity index (χ1) is 21.3. The van der Waals surface area contributed by atoms with Crippen LogP contribution < -0.4 is 0 Å². The molecule has 0 amide bonds. The molecule has 0 spiro atoms. The van der Waals surface area contributed by atoms with Gasteiger partial charge in [-0.1, -0.05) is 91.0 Å². The maximum absolute atomic E-state index is 6.85. The lowest BCUT2D eigenvalue weighted by atomic mass is 9.99. The summed E-state index contributed by atoms with van der Waals surface area (Å²) in [4.78, 5) is 4.87. The predicted octanol–water partition coefficient (Wildman–Crippen LogP) is 10.8. The molecule has 0 atom stereocenters. The smallest absolute Gasteiger partial charge is 0.228 e. The average Bonchev–Trinajstić information content (AvgIpc) is 3.76. The summed E-state index contributed by atoms with van der Waals surface area (Å²) >= 11 is 0. The topological polar surface area (TPSA) is 44.1 Å². The second-order valence-corrected chi connectivity index (χ2v) is 11.1. The molecule has 4 nitrogen and oxygen atoms in total. The quantitative estimate of drug-likeness (QED) is 0.215. The van der Waals surface area contributed by atoms with Crippen molar-refractivity contribution < 1.29 is 8.83 Å². The average molecular weight is 551 g/mol. The highest BCUT2D eigenvalue weighted by molar-refractivity contribution is 6.26. The van der Waals surface area contributed by atoms with Gasteiger partial charge in [0.2, 0.25) is 5.89 Å². The third-order valence-corrected chi connectivity index (χ3v) is 8.80. The monoisotopic (exact) mass is 550 g/mol. The van der Waals surface area contributed by atoms with Gasteiger partial charge < -0.3 is 13.4 Å². The molecule has 7 aromatic carbocycles. The molecule has 0 unspecified atom stereocenters. The van der Waals surface area contributed by atoms with E-state index in [-0.39, 0.29) is 0 Å². The second-order valence-electron chi connectivity index (χ2n) is 11.1. The van der Waals surface area contributed by atoms with Crippen LogP contribution in [0.1, 0.15) is 0 Å². The van der Waals surface area contributed by atoms with Gasteiger partial charge in [0.25, 0.3) is 0 Å². The third-order valence-electron chi connectivity index (χ3n) is 8.80. The Morgan fingerprint density at radius 3 is 2.09 bits per heavy atom. The number of rotatable bonds is 2. The number of para-hydroxylation sites is 3. The summed E-state index contributed by atoms with van der Waals surface area (Å²) in [5, 5.41) is 9.29. The fourth-order valence-corrected chi connectivity index (χ4v) is 6.98. The van der Waals surface area contributed by atoms with Crippen LogP contribution in [0, 0.1) is 0 Å². The van der Waals surface area contributed by atoms with Gasteiger partial charge in [0.1, 0.15) is 11.1 Å². The Bertz CT molecular complexity index is 2710. The van der Waals surface area contributed by atoms with Gasteiger partial charge in [-0.05, 0) is 64.0 Å². The highest BCUT2D eigenvalue weighted by atomic mass is 16.3. The number of fused-ring (bicyclic) bond motifs is 11. The zero-order valence-electron chi connectivity index (χ0n) is 22.9. The zero-order valence-corrected chi connectivity index (χ0v) is 22.9. The molecule has 0 aliphatic rings. The summed E-state index contributed by atoms with van der Waals surface area (Å²) in [6.45, 7) is 0. The van der Waals surface area contributed by atoms with Crippen LogP contribution in [0.2, 0.25) is 0 Å². The molecule has 0 saturated heterocycles. The van der Waals surface area contributed by atoms with Crippen molar-refractivity contribution in [1.29, 1.82) is 0 Å². The lowest BCUT2D eigenvalue weighted by molar-refractivity contribution is 0.620. The van der Waals surface area contributed by atoms with E-state index >= 15 is 0 Å². The summed E-state index contributed by atoms with van der Waals surface area (Å²) < 4.78 is 15.5. The van der Waals surface area contributed by atoms with Crippen LogP contribution in [0.5, 0.6) is 0 Å². The number of furan rings is 1. The number of aromatic nitrogens is 2. The SMILES string of the molecule is c1ccc2c(c1)cc(-n1c3ccccc3c3c4ccccc4ccc31)c1oc3cccc(-c4nc5ccccc5o4)c3c12. The first-order valence-electron chi connectivity index (χ1n) is 14.5. The molecular weight excluding hydrogens is 528 g/mol.